The number of aryl methyl sites for hydroxylation is 1. The van der Waals surface area contributed by atoms with Crippen LogP contribution in [0.3, 0.4) is 0 Å². The van der Waals surface area contributed by atoms with Gasteiger partial charge in [-0.05, 0) is 37.3 Å². The van der Waals surface area contributed by atoms with Crippen LogP contribution in [0.15, 0.2) is 52.5 Å². The van der Waals surface area contributed by atoms with Gasteiger partial charge in [-0.1, -0.05) is 17.7 Å². The first-order valence-corrected chi connectivity index (χ1v) is 10.2. The van der Waals surface area contributed by atoms with Crippen LogP contribution in [0.2, 0.25) is 0 Å². The Kier molecular flexibility index (Phi) is 4.64. The van der Waals surface area contributed by atoms with Crippen molar-refractivity contribution in [2.45, 2.75) is 11.8 Å². The van der Waals surface area contributed by atoms with Crippen LogP contribution in [0.25, 0.3) is 0 Å². The van der Waals surface area contributed by atoms with E-state index in [-0.39, 0.29) is 23.7 Å². The van der Waals surface area contributed by atoms with Gasteiger partial charge in [0.05, 0.1) is 24.6 Å². The van der Waals surface area contributed by atoms with E-state index in [0.717, 1.165) is 11.6 Å². The zero-order valence-electron chi connectivity index (χ0n) is 15.1. The number of hydrogen-bond donors (Lipinski definition) is 0. The van der Waals surface area contributed by atoms with Crippen LogP contribution >= 0.6 is 0 Å². The lowest BCUT2D eigenvalue weighted by molar-refractivity contribution is -0.127. The highest BCUT2D eigenvalue weighted by Gasteiger charge is 2.40. The molecule has 0 aliphatic carbocycles. The fourth-order valence-corrected chi connectivity index (χ4v) is 4.58. The smallest absolute Gasteiger partial charge is 0.286 e. The summed E-state index contributed by atoms with van der Waals surface area (Å²) in [6.45, 7) is 3.12. The average molecular weight is 403 g/mol. The Bertz CT molecular complexity index is 1060. The molecule has 146 valence electrons. The molecular weight excluding hydrogens is 385 g/mol. The Hall–Kier alpha value is -2.78. The van der Waals surface area contributed by atoms with Crippen molar-refractivity contribution in [1.29, 1.82) is 0 Å². The van der Waals surface area contributed by atoms with Crippen LogP contribution in [-0.4, -0.2) is 50.6 Å². The quantitative estimate of drug-likeness (QED) is 0.768. The highest BCUT2D eigenvalue weighted by molar-refractivity contribution is 8.08. The van der Waals surface area contributed by atoms with Gasteiger partial charge in [0.1, 0.15) is 10.7 Å². The molecule has 2 aromatic carbocycles. The van der Waals surface area contributed by atoms with Crippen molar-refractivity contribution < 1.29 is 22.3 Å². The van der Waals surface area contributed by atoms with Crippen LogP contribution in [0.4, 0.5) is 15.8 Å². The first kappa shape index (κ1) is 18.6. The summed E-state index contributed by atoms with van der Waals surface area (Å²) in [6.07, 6.45) is 0. The number of nitrogens with zero attached hydrogens (tertiary/aromatic N) is 3. The van der Waals surface area contributed by atoms with Gasteiger partial charge in [0.2, 0.25) is 14.9 Å². The summed E-state index contributed by atoms with van der Waals surface area (Å²) in [6, 6.07) is 10.7. The van der Waals surface area contributed by atoms with E-state index in [4.69, 9.17) is 4.74 Å². The SMILES string of the molecule is Cc1ccc(N2N=C(C(=O)N3CCOCC3)S(=O)(=O)c3cc(F)ccc32)cc1. The third kappa shape index (κ3) is 3.16. The molecule has 1 fully saturated rings. The minimum Gasteiger partial charge on any atom is -0.378 e. The minimum absolute atomic E-state index is 0.198. The van der Waals surface area contributed by atoms with Crippen molar-refractivity contribution in [3.8, 4) is 0 Å². The third-order valence-electron chi connectivity index (χ3n) is 4.64. The van der Waals surface area contributed by atoms with Gasteiger partial charge in [-0.3, -0.25) is 4.79 Å². The molecule has 28 heavy (non-hydrogen) atoms. The Morgan fingerprint density at radius 1 is 1.11 bits per heavy atom. The third-order valence-corrected chi connectivity index (χ3v) is 6.32. The second kappa shape index (κ2) is 6.99. The molecule has 0 aromatic heterocycles. The van der Waals surface area contributed by atoms with E-state index in [2.05, 4.69) is 5.10 Å². The molecule has 0 N–H and O–H groups in total. The highest BCUT2D eigenvalue weighted by Crippen LogP contribution is 2.37. The monoisotopic (exact) mass is 403 g/mol. The van der Waals surface area contributed by atoms with Crippen LogP contribution < -0.4 is 5.01 Å². The molecule has 7 nitrogen and oxygen atoms in total. The number of halogens is 1. The maximum Gasteiger partial charge on any atom is 0.286 e. The standard InChI is InChI=1S/C19H18FN3O4S/c1-13-2-5-15(6-3-13)23-16-7-4-14(20)12-17(16)28(25,26)18(21-23)19(24)22-8-10-27-11-9-22/h2-7,12H,8-11H2,1H3. The van der Waals surface area contributed by atoms with E-state index < -0.39 is 26.6 Å². The second-order valence-corrected chi connectivity index (χ2v) is 8.41. The summed E-state index contributed by atoms with van der Waals surface area (Å²) in [5.74, 6) is -1.42. The maximum atomic E-state index is 13.9. The molecule has 0 saturated carbocycles. The number of hydrogen-bond acceptors (Lipinski definition) is 6. The average Bonchev–Trinajstić information content (AvgIpc) is 2.69. The molecule has 0 atom stereocenters. The molecule has 0 radical (unpaired) electrons. The van der Waals surface area contributed by atoms with Crippen LogP contribution in [0.1, 0.15) is 5.56 Å². The lowest BCUT2D eigenvalue weighted by Gasteiger charge is -2.31. The number of fused-ring (bicyclic) bond motifs is 1. The lowest BCUT2D eigenvalue weighted by Crippen LogP contribution is -2.47. The molecular formula is C19H18FN3O4S. The largest absolute Gasteiger partial charge is 0.378 e. The van der Waals surface area contributed by atoms with Gasteiger partial charge in [0.15, 0.2) is 0 Å². The van der Waals surface area contributed by atoms with E-state index in [1.54, 1.807) is 12.1 Å². The van der Waals surface area contributed by atoms with Gasteiger partial charge in [0, 0.05) is 13.1 Å². The number of anilines is 2. The molecule has 2 aliphatic rings. The van der Waals surface area contributed by atoms with E-state index >= 15 is 0 Å². The van der Waals surface area contributed by atoms with Gasteiger partial charge < -0.3 is 9.64 Å². The van der Waals surface area contributed by atoms with E-state index in [9.17, 15) is 17.6 Å². The molecule has 2 aromatic rings. The number of hydrazone groups is 1. The number of carbonyl (C=O) groups excluding carboxylic acids is 1. The fourth-order valence-electron chi connectivity index (χ4n) is 3.12. The molecule has 1 amide bonds. The summed E-state index contributed by atoms with van der Waals surface area (Å²) < 4.78 is 45.2. The Balaban J connectivity index is 1.87. The van der Waals surface area contributed by atoms with Crippen LogP contribution in [-0.2, 0) is 19.4 Å². The number of carbonyl (C=O) groups is 1. The van der Waals surface area contributed by atoms with Gasteiger partial charge in [-0.15, -0.1) is 5.10 Å². The molecule has 9 heteroatoms. The van der Waals surface area contributed by atoms with Crippen molar-refractivity contribution >= 4 is 32.2 Å². The van der Waals surface area contributed by atoms with Crippen molar-refractivity contribution in [2.75, 3.05) is 31.3 Å². The van der Waals surface area contributed by atoms with Crippen molar-refractivity contribution in [3.05, 3.63) is 53.8 Å². The number of benzene rings is 2. The number of morpholine rings is 1. The zero-order valence-corrected chi connectivity index (χ0v) is 15.9. The van der Waals surface area contributed by atoms with Gasteiger partial charge >= 0.3 is 0 Å². The maximum absolute atomic E-state index is 13.9. The van der Waals surface area contributed by atoms with Crippen molar-refractivity contribution in [2.24, 2.45) is 5.10 Å². The minimum atomic E-state index is -4.27. The molecule has 0 bridgehead atoms. The zero-order chi connectivity index (χ0) is 19.9. The van der Waals surface area contributed by atoms with Crippen LogP contribution in [0, 0.1) is 12.7 Å². The molecule has 0 spiro atoms. The summed E-state index contributed by atoms with van der Waals surface area (Å²) in [5, 5.41) is 4.93. The highest BCUT2D eigenvalue weighted by atomic mass is 32.2. The summed E-state index contributed by atoms with van der Waals surface area (Å²) >= 11 is 0. The molecule has 2 aliphatic heterocycles. The molecule has 2 heterocycles. The van der Waals surface area contributed by atoms with E-state index in [0.29, 0.717) is 18.9 Å². The predicted octanol–water partition coefficient (Wildman–Crippen LogP) is 2.23. The molecule has 1 saturated heterocycles. The first-order valence-electron chi connectivity index (χ1n) is 8.75. The summed E-state index contributed by atoms with van der Waals surface area (Å²) in [5.41, 5.74) is 1.78. The number of rotatable bonds is 2. The molecule has 4 rings (SSSR count). The van der Waals surface area contributed by atoms with E-state index in [1.165, 1.54) is 22.0 Å². The topological polar surface area (TPSA) is 79.3 Å². The Labute approximate surface area is 161 Å². The lowest BCUT2D eigenvalue weighted by atomic mass is 10.2. The summed E-state index contributed by atoms with van der Waals surface area (Å²) in [4.78, 5) is 14.0. The number of amides is 1. The molecule has 0 unspecified atom stereocenters. The van der Waals surface area contributed by atoms with Crippen molar-refractivity contribution in [1.82, 2.24) is 4.90 Å². The van der Waals surface area contributed by atoms with E-state index in [1.807, 2.05) is 19.1 Å². The van der Waals surface area contributed by atoms with Gasteiger partial charge in [0.25, 0.3) is 5.91 Å². The normalized spacial score (nSPS) is 18.4. The first-order chi connectivity index (χ1) is 13.4. The number of sulfone groups is 1. The van der Waals surface area contributed by atoms with Gasteiger partial charge in [-0.25, -0.2) is 17.8 Å². The van der Waals surface area contributed by atoms with Crippen molar-refractivity contribution in [3.63, 3.8) is 0 Å². The predicted molar refractivity (Wildman–Crippen MR) is 102 cm³/mol. The Morgan fingerprint density at radius 2 is 1.79 bits per heavy atom. The number of ether oxygens (including phenoxy) is 1. The fraction of sp³-hybridized carbons (Fsp3) is 0.263. The van der Waals surface area contributed by atoms with Crippen LogP contribution in [0.5, 0.6) is 0 Å². The summed E-state index contributed by atoms with van der Waals surface area (Å²) in [7, 11) is -4.27. The Morgan fingerprint density at radius 3 is 2.46 bits per heavy atom. The van der Waals surface area contributed by atoms with Gasteiger partial charge in [-0.2, -0.15) is 0 Å². The second-order valence-electron chi connectivity index (χ2n) is 6.57.